The topological polar surface area (TPSA) is 92.5 Å². The molecule has 8 heteroatoms. The van der Waals surface area contributed by atoms with Crippen molar-refractivity contribution in [3.8, 4) is 0 Å². The van der Waals surface area contributed by atoms with Gasteiger partial charge in [-0.15, -0.1) is 0 Å². The summed E-state index contributed by atoms with van der Waals surface area (Å²) >= 11 is 5.88. The molecule has 3 N–H and O–H groups in total. The molecule has 0 unspecified atom stereocenters. The van der Waals surface area contributed by atoms with Crippen molar-refractivity contribution in [2.75, 3.05) is 26.4 Å². The van der Waals surface area contributed by atoms with Crippen LogP contribution in [0.4, 0.5) is 5.69 Å². The number of amides is 1. The van der Waals surface area contributed by atoms with Crippen molar-refractivity contribution in [3.63, 3.8) is 0 Å². The Balaban J connectivity index is 2.94. The Labute approximate surface area is 117 Å². The number of anilines is 1. The van der Waals surface area contributed by atoms with Crippen molar-refractivity contribution in [3.05, 3.63) is 23.2 Å². The zero-order valence-electron chi connectivity index (χ0n) is 10.7. The number of carbonyl (C=O) groups excluding carboxylic acids is 1. The van der Waals surface area contributed by atoms with Crippen molar-refractivity contribution in [1.29, 1.82) is 0 Å². The van der Waals surface area contributed by atoms with E-state index in [1.165, 1.54) is 32.3 Å². The number of nitrogens with zero attached hydrogens (tertiary/aromatic N) is 1. The van der Waals surface area contributed by atoms with Gasteiger partial charge in [0.1, 0.15) is 4.90 Å². The Bertz CT molecular complexity index is 575. The van der Waals surface area contributed by atoms with E-state index in [-0.39, 0.29) is 28.8 Å². The molecule has 1 amide bonds. The molecule has 0 saturated carbocycles. The molecule has 0 aliphatic carbocycles. The van der Waals surface area contributed by atoms with Gasteiger partial charge in [-0.25, -0.2) is 12.7 Å². The second kappa shape index (κ2) is 6.23. The Kier molecular flexibility index (Phi) is 5.16. The number of hydrogen-bond acceptors (Lipinski definition) is 4. The monoisotopic (exact) mass is 305 g/mol. The van der Waals surface area contributed by atoms with Gasteiger partial charge in [0.05, 0.1) is 5.02 Å². The molecular formula is C11H16ClN3O3S. The highest BCUT2D eigenvalue weighted by Crippen LogP contribution is 2.26. The fraction of sp³-hybridized carbons (Fsp3) is 0.364. The number of nitrogen functional groups attached to an aromatic ring is 1. The molecule has 0 atom stereocenters. The predicted octanol–water partition coefficient (Wildman–Crippen LogP) is 0.679. The second-order valence-electron chi connectivity index (χ2n) is 3.94. The van der Waals surface area contributed by atoms with E-state index in [4.69, 9.17) is 17.3 Å². The first-order valence-corrected chi connectivity index (χ1v) is 7.32. The molecule has 0 aromatic heterocycles. The molecule has 1 rings (SSSR count). The van der Waals surface area contributed by atoms with E-state index in [1.807, 2.05) is 0 Å². The Morgan fingerprint density at radius 2 is 2.11 bits per heavy atom. The van der Waals surface area contributed by atoms with Crippen LogP contribution in [0.5, 0.6) is 0 Å². The van der Waals surface area contributed by atoms with Gasteiger partial charge >= 0.3 is 0 Å². The summed E-state index contributed by atoms with van der Waals surface area (Å²) < 4.78 is 25.6. The van der Waals surface area contributed by atoms with Crippen LogP contribution in [0, 0.1) is 0 Å². The quantitative estimate of drug-likeness (QED) is 0.782. The van der Waals surface area contributed by atoms with Gasteiger partial charge in [0, 0.05) is 32.7 Å². The molecule has 1 aromatic carbocycles. The largest absolute Gasteiger partial charge is 0.399 e. The summed E-state index contributed by atoms with van der Waals surface area (Å²) in [6.07, 6.45) is 0.0822. The minimum absolute atomic E-state index is 0.0252. The van der Waals surface area contributed by atoms with Crippen LogP contribution < -0.4 is 11.1 Å². The summed E-state index contributed by atoms with van der Waals surface area (Å²) in [7, 11) is -0.837. The summed E-state index contributed by atoms with van der Waals surface area (Å²) in [6.45, 7) is 0.0721. The van der Waals surface area contributed by atoms with Gasteiger partial charge in [0.15, 0.2) is 0 Å². The summed E-state index contributed by atoms with van der Waals surface area (Å²) in [5.41, 5.74) is 5.90. The fourth-order valence-corrected chi connectivity index (χ4v) is 3.09. The molecule has 0 aliphatic heterocycles. The Hall–Kier alpha value is -1.31. The zero-order chi connectivity index (χ0) is 14.6. The van der Waals surface area contributed by atoms with E-state index < -0.39 is 10.0 Å². The van der Waals surface area contributed by atoms with Crippen LogP contribution in [0.15, 0.2) is 23.1 Å². The fourth-order valence-electron chi connectivity index (χ4n) is 1.40. The highest BCUT2D eigenvalue weighted by molar-refractivity contribution is 7.89. The number of benzene rings is 1. The number of sulfonamides is 1. The third-order valence-electron chi connectivity index (χ3n) is 2.58. The van der Waals surface area contributed by atoms with Crippen LogP contribution in [0.1, 0.15) is 6.42 Å². The Morgan fingerprint density at radius 1 is 1.47 bits per heavy atom. The number of nitrogens with one attached hydrogen (secondary N) is 1. The smallest absolute Gasteiger partial charge is 0.244 e. The number of nitrogens with two attached hydrogens (primary N) is 1. The number of carbonyl (C=O) groups is 1. The van der Waals surface area contributed by atoms with Crippen molar-refractivity contribution >= 4 is 33.2 Å². The molecule has 106 valence electrons. The molecule has 0 radical (unpaired) electrons. The summed E-state index contributed by atoms with van der Waals surface area (Å²) in [5, 5.41) is 2.49. The average Bonchev–Trinajstić information content (AvgIpc) is 2.34. The van der Waals surface area contributed by atoms with E-state index >= 15 is 0 Å². The summed E-state index contributed by atoms with van der Waals surface area (Å²) in [4.78, 5) is 11.1. The van der Waals surface area contributed by atoms with E-state index in [2.05, 4.69) is 5.32 Å². The molecule has 0 heterocycles. The number of rotatable bonds is 5. The molecule has 19 heavy (non-hydrogen) atoms. The normalized spacial score (nSPS) is 11.6. The van der Waals surface area contributed by atoms with Gasteiger partial charge < -0.3 is 11.1 Å². The maximum Gasteiger partial charge on any atom is 0.244 e. The molecule has 0 fully saturated rings. The first-order valence-electron chi connectivity index (χ1n) is 5.51. The van der Waals surface area contributed by atoms with Gasteiger partial charge in [0.25, 0.3) is 0 Å². The first kappa shape index (κ1) is 15.7. The maximum absolute atomic E-state index is 12.2. The van der Waals surface area contributed by atoms with Crippen LogP contribution >= 0.6 is 11.6 Å². The predicted molar refractivity (Wildman–Crippen MR) is 74.4 cm³/mol. The lowest BCUT2D eigenvalue weighted by Crippen LogP contribution is -2.31. The lowest BCUT2D eigenvalue weighted by molar-refractivity contribution is -0.120. The molecular weight excluding hydrogens is 290 g/mol. The van der Waals surface area contributed by atoms with Gasteiger partial charge in [0.2, 0.25) is 15.9 Å². The number of halogens is 1. The minimum atomic E-state index is -3.72. The van der Waals surface area contributed by atoms with Crippen molar-refractivity contribution < 1.29 is 13.2 Å². The van der Waals surface area contributed by atoms with Crippen molar-refractivity contribution in [2.24, 2.45) is 0 Å². The van der Waals surface area contributed by atoms with Gasteiger partial charge in [-0.3, -0.25) is 4.79 Å². The van der Waals surface area contributed by atoms with Crippen LogP contribution in [0.2, 0.25) is 5.02 Å². The van der Waals surface area contributed by atoms with E-state index in [0.717, 1.165) is 4.31 Å². The molecule has 6 nitrogen and oxygen atoms in total. The highest BCUT2D eigenvalue weighted by atomic mass is 35.5. The molecule has 0 saturated heterocycles. The lowest BCUT2D eigenvalue weighted by atomic mass is 10.3. The van der Waals surface area contributed by atoms with E-state index in [1.54, 1.807) is 0 Å². The van der Waals surface area contributed by atoms with Gasteiger partial charge in [-0.2, -0.15) is 0 Å². The molecule has 0 aliphatic rings. The summed E-state index contributed by atoms with van der Waals surface area (Å²) in [5.74, 6) is -0.231. The first-order chi connectivity index (χ1) is 8.78. The molecule has 0 spiro atoms. The summed E-state index contributed by atoms with van der Waals surface area (Å²) in [6, 6.07) is 4.19. The molecule has 0 bridgehead atoms. The van der Waals surface area contributed by atoms with Gasteiger partial charge in [-0.1, -0.05) is 11.6 Å². The second-order valence-corrected chi connectivity index (χ2v) is 6.36. The number of hydrogen-bond donors (Lipinski definition) is 2. The van der Waals surface area contributed by atoms with Crippen LogP contribution in [0.25, 0.3) is 0 Å². The van der Waals surface area contributed by atoms with Crippen molar-refractivity contribution in [1.82, 2.24) is 9.62 Å². The third kappa shape index (κ3) is 3.82. The average molecular weight is 306 g/mol. The maximum atomic E-state index is 12.2. The van der Waals surface area contributed by atoms with E-state index in [0.29, 0.717) is 5.69 Å². The minimum Gasteiger partial charge on any atom is -0.399 e. The Morgan fingerprint density at radius 3 is 2.63 bits per heavy atom. The van der Waals surface area contributed by atoms with Gasteiger partial charge in [-0.05, 0) is 18.2 Å². The van der Waals surface area contributed by atoms with Crippen LogP contribution in [-0.4, -0.2) is 39.3 Å². The van der Waals surface area contributed by atoms with Crippen LogP contribution in [-0.2, 0) is 14.8 Å². The standard InChI is InChI=1S/C11H16ClN3O3S/c1-14-11(16)5-6-15(2)19(17,18)10-4-3-8(13)7-9(10)12/h3-4,7H,5-6,13H2,1-2H3,(H,14,16). The zero-order valence-corrected chi connectivity index (χ0v) is 12.3. The molecule has 1 aromatic rings. The van der Waals surface area contributed by atoms with E-state index in [9.17, 15) is 13.2 Å². The lowest BCUT2D eigenvalue weighted by Gasteiger charge is -2.17. The highest BCUT2D eigenvalue weighted by Gasteiger charge is 2.23. The van der Waals surface area contributed by atoms with Crippen LogP contribution in [0.3, 0.4) is 0 Å². The SMILES string of the molecule is CNC(=O)CCN(C)S(=O)(=O)c1ccc(N)cc1Cl. The third-order valence-corrected chi connectivity index (χ3v) is 4.92. The van der Waals surface area contributed by atoms with Crippen molar-refractivity contribution in [2.45, 2.75) is 11.3 Å².